The van der Waals surface area contributed by atoms with Crippen LogP contribution in [0.2, 0.25) is 0 Å². The van der Waals surface area contributed by atoms with Crippen molar-refractivity contribution >= 4 is 17.7 Å². The van der Waals surface area contributed by atoms with Gasteiger partial charge >= 0.3 is 11.9 Å². The van der Waals surface area contributed by atoms with Gasteiger partial charge in [-0.1, -0.05) is 46.3 Å². The number of fused-ring (bicyclic) bond motifs is 7. The smallest absolute Gasteiger partial charge is 0.335 e. The molecular formula is C48H74O20. The predicted molar refractivity (Wildman–Crippen MR) is 232 cm³/mol. The van der Waals surface area contributed by atoms with Crippen LogP contribution in [0.15, 0.2) is 11.6 Å². The van der Waals surface area contributed by atoms with Gasteiger partial charge in [0.05, 0.1) is 30.8 Å². The number of allylic oxidation sites excluding steroid dienone is 2. The highest BCUT2D eigenvalue weighted by molar-refractivity contribution is 5.92. The van der Waals surface area contributed by atoms with Gasteiger partial charge in [0.25, 0.3) is 0 Å². The number of carboxylic acid groups (broad SMARTS) is 2. The Labute approximate surface area is 395 Å². The van der Waals surface area contributed by atoms with Crippen molar-refractivity contribution in [3.05, 3.63) is 11.6 Å². The topological polar surface area (TPSA) is 329 Å². The lowest BCUT2D eigenvalue weighted by atomic mass is 9.33. The molecule has 3 saturated heterocycles. The molecule has 0 radical (unpaired) electrons. The zero-order valence-corrected chi connectivity index (χ0v) is 39.9. The molecule has 8 aliphatic rings. The first-order chi connectivity index (χ1) is 31.7. The van der Waals surface area contributed by atoms with Crippen LogP contribution < -0.4 is 0 Å². The van der Waals surface area contributed by atoms with Crippen LogP contribution in [0.4, 0.5) is 0 Å². The molecule has 11 N–H and O–H groups in total. The minimum absolute atomic E-state index is 0.00356. The molecule has 20 nitrogen and oxygen atoms in total. The number of carbonyl (C=O) groups excluding carboxylic acids is 1. The van der Waals surface area contributed by atoms with Gasteiger partial charge < -0.3 is 84.6 Å². The van der Waals surface area contributed by atoms with E-state index in [9.17, 15) is 70.6 Å². The molecule has 25 atom stereocenters. The maximum absolute atomic E-state index is 13.8. The Hall–Kier alpha value is -2.25. The van der Waals surface area contributed by atoms with Crippen LogP contribution in [0.1, 0.15) is 106 Å². The maximum Gasteiger partial charge on any atom is 0.335 e. The van der Waals surface area contributed by atoms with Crippen molar-refractivity contribution in [2.24, 2.45) is 50.2 Å². The molecule has 0 aromatic heterocycles. The zero-order chi connectivity index (χ0) is 50.0. The highest BCUT2D eigenvalue weighted by Crippen LogP contribution is 2.75. The fourth-order valence-corrected chi connectivity index (χ4v) is 14.9. The van der Waals surface area contributed by atoms with E-state index >= 15 is 0 Å². The molecule has 0 bridgehead atoms. The standard InChI is InChI=1S/C48H74O20/c1-20-28(52)30(54)34(58)39(63-20)67-36-31(55)29(53)23(18-49)64-40(36)68-37-33(57)32(56)35(38(59)60)66-41(37)65-27-11-12-45(4)24(46(27,5)19-50)10-13-48(7)25(45)9-8-21-22-16-43(2,42(61)62)17-26(51)44(22,3)14-15-47(21,48)6/h8,20,22-25,27-37,39-41,49-50,52-58H,9-19H2,1-7H3,(H,59,60)(H,61,62)/t20-,22-,23+,24+,25+,27-,28-,29-,30+,31-,32-,33-,34+,35-,36+,37+,39-,40-,41+,43-,44+,45-,46+,47+,48+/m0/s1. The Morgan fingerprint density at radius 3 is 1.96 bits per heavy atom. The maximum atomic E-state index is 13.8. The molecule has 68 heavy (non-hydrogen) atoms. The summed E-state index contributed by atoms with van der Waals surface area (Å²) >= 11 is 0. The Bertz CT molecular complexity index is 1970. The zero-order valence-electron chi connectivity index (χ0n) is 39.9. The summed E-state index contributed by atoms with van der Waals surface area (Å²) < 4.78 is 36.1. The third-order valence-corrected chi connectivity index (χ3v) is 19.6. The highest BCUT2D eigenvalue weighted by atomic mass is 16.8. The molecule has 0 amide bonds. The first-order valence-electron chi connectivity index (χ1n) is 24.3. The number of carbonyl (C=O) groups is 3. The number of ether oxygens (including phenoxy) is 6. The van der Waals surface area contributed by atoms with Gasteiger partial charge in [0.2, 0.25) is 0 Å². The quantitative estimate of drug-likeness (QED) is 0.101. The van der Waals surface area contributed by atoms with Crippen molar-refractivity contribution in [1.29, 1.82) is 0 Å². The number of aliphatic carboxylic acids is 2. The van der Waals surface area contributed by atoms with Gasteiger partial charge in [0.15, 0.2) is 25.0 Å². The molecule has 0 aromatic rings. The number of hydrogen-bond acceptors (Lipinski definition) is 18. The van der Waals surface area contributed by atoms with E-state index < -0.39 is 133 Å². The molecule has 0 spiro atoms. The molecule has 0 unspecified atom stereocenters. The third-order valence-electron chi connectivity index (χ3n) is 19.6. The van der Waals surface area contributed by atoms with Crippen LogP contribution in [0.5, 0.6) is 0 Å². The van der Waals surface area contributed by atoms with Crippen LogP contribution in [0, 0.1) is 50.2 Å². The molecule has 3 aliphatic heterocycles. The second kappa shape index (κ2) is 18.0. The highest BCUT2D eigenvalue weighted by Gasteiger charge is 2.70. The van der Waals surface area contributed by atoms with Crippen molar-refractivity contribution in [3.8, 4) is 0 Å². The van der Waals surface area contributed by atoms with E-state index in [0.717, 1.165) is 12.8 Å². The Balaban J connectivity index is 1.08. The number of ketones is 1. The summed E-state index contributed by atoms with van der Waals surface area (Å²) in [6.45, 7) is 12.6. The lowest BCUT2D eigenvalue weighted by molar-refractivity contribution is -0.396. The summed E-state index contributed by atoms with van der Waals surface area (Å²) in [7, 11) is 0. The average Bonchev–Trinajstić information content (AvgIpc) is 3.28. The summed E-state index contributed by atoms with van der Waals surface area (Å²) in [6.07, 6.45) is -20.5. The van der Waals surface area contributed by atoms with Gasteiger partial charge in [0, 0.05) is 17.3 Å². The lowest BCUT2D eigenvalue weighted by Crippen LogP contribution is -2.68. The van der Waals surface area contributed by atoms with Crippen molar-refractivity contribution in [2.75, 3.05) is 13.2 Å². The number of rotatable bonds is 10. The summed E-state index contributed by atoms with van der Waals surface area (Å²) in [5.41, 5.74) is -2.66. The second-order valence-corrected chi connectivity index (χ2v) is 23.1. The second-order valence-electron chi connectivity index (χ2n) is 23.1. The molecule has 7 fully saturated rings. The van der Waals surface area contributed by atoms with Crippen LogP contribution in [-0.4, -0.2) is 185 Å². The van der Waals surface area contributed by atoms with E-state index in [-0.39, 0.29) is 52.8 Å². The normalized spacial score (nSPS) is 54.9. The summed E-state index contributed by atoms with van der Waals surface area (Å²) in [5, 5.41) is 118. The summed E-state index contributed by atoms with van der Waals surface area (Å²) in [5.74, 6) is -2.88. The minimum Gasteiger partial charge on any atom is -0.481 e. The fourth-order valence-electron chi connectivity index (χ4n) is 14.9. The number of Topliss-reactive ketones (excluding diaryl/α,β-unsaturated/α-hetero) is 1. The van der Waals surface area contributed by atoms with E-state index in [1.165, 1.54) is 12.5 Å². The molecule has 386 valence electrons. The van der Waals surface area contributed by atoms with Gasteiger partial charge in [-0.3, -0.25) is 9.59 Å². The molecule has 0 aromatic carbocycles. The monoisotopic (exact) mass is 970 g/mol. The van der Waals surface area contributed by atoms with Crippen molar-refractivity contribution in [2.45, 2.75) is 204 Å². The molecule has 3 heterocycles. The van der Waals surface area contributed by atoms with Gasteiger partial charge in [-0.05, 0) is 99.2 Å². The first-order valence-corrected chi connectivity index (χ1v) is 24.3. The van der Waals surface area contributed by atoms with E-state index in [2.05, 4.69) is 26.8 Å². The number of aliphatic hydroxyl groups is 9. The van der Waals surface area contributed by atoms with Crippen molar-refractivity contribution in [3.63, 3.8) is 0 Å². The fraction of sp³-hybridized carbons (Fsp3) is 0.896. The Kier molecular flexibility index (Phi) is 13.8. The van der Waals surface area contributed by atoms with E-state index in [1.807, 2.05) is 13.8 Å². The van der Waals surface area contributed by atoms with Gasteiger partial charge in [-0.2, -0.15) is 0 Å². The van der Waals surface area contributed by atoms with Gasteiger partial charge in [-0.15, -0.1) is 0 Å². The summed E-state index contributed by atoms with van der Waals surface area (Å²) in [4.78, 5) is 38.9. The average molecular weight is 971 g/mol. The van der Waals surface area contributed by atoms with E-state index in [1.54, 1.807) is 6.92 Å². The predicted octanol–water partition coefficient (Wildman–Crippen LogP) is -0.0225. The number of aliphatic hydroxyl groups excluding tert-OH is 9. The van der Waals surface area contributed by atoms with E-state index in [0.29, 0.717) is 38.5 Å². The minimum atomic E-state index is -2.10. The van der Waals surface area contributed by atoms with Crippen molar-refractivity contribution in [1.82, 2.24) is 0 Å². The van der Waals surface area contributed by atoms with Crippen LogP contribution in [0.3, 0.4) is 0 Å². The van der Waals surface area contributed by atoms with Crippen molar-refractivity contribution < 1.29 is 99.0 Å². The SMILES string of the molecule is C[C@@H]1O[C@@H](O[C@H]2[C@H](O[C@H]3[C@H](O[C@H]4CC[C@@]5(C)[C@@H](CC[C@]6(C)[C@@H]5CC=C5[C@@H]7C[C@](C)(C(=O)O)CC(=O)[C@]7(C)CC[C@]56C)[C@@]4(C)CO)O[C@H](C(=O)O)[C@@H](O)[C@@H]3O)O[C@H](CO)[C@H](O)[C@@H]2O)[C@H](O)[C@H](O)[C@H]1O. The van der Waals surface area contributed by atoms with Crippen LogP contribution in [0.25, 0.3) is 0 Å². The first kappa shape index (κ1) is 52.1. The Morgan fingerprint density at radius 1 is 0.706 bits per heavy atom. The van der Waals surface area contributed by atoms with Gasteiger partial charge in [-0.25, -0.2) is 4.79 Å². The third kappa shape index (κ3) is 7.77. The van der Waals surface area contributed by atoms with Gasteiger partial charge in [0.1, 0.15) is 66.8 Å². The Morgan fingerprint density at radius 2 is 1.34 bits per heavy atom. The molecule has 8 rings (SSSR count). The molecular weight excluding hydrogens is 897 g/mol. The van der Waals surface area contributed by atoms with Crippen LogP contribution >= 0.6 is 0 Å². The van der Waals surface area contributed by atoms with E-state index in [4.69, 9.17) is 28.4 Å². The molecule has 4 saturated carbocycles. The molecule has 5 aliphatic carbocycles. The number of carboxylic acids is 2. The largest absolute Gasteiger partial charge is 0.481 e. The lowest BCUT2D eigenvalue weighted by Gasteiger charge is -2.71. The van der Waals surface area contributed by atoms with Crippen LogP contribution in [-0.2, 0) is 42.8 Å². The molecule has 20 heteroatoms. The number of hydrogen-bond donors (Lipinski definition) is 11. The summed E-state index contributed by atoms with van der Waals surface area (Å²) in [6, 6.07) is 0.